The summed E-state index contributed by atoms with van der Waals surface area (Å²) in [7, 11) is 3.39. The van der Waals surface area contributed by atoms with Crippen LogP contribution in [0.5, 0.6) is 11.5 Å². The molecule has 2 aromatic heterocycles. The minimum Gasteiger partial charge on any atom is -0.497 e. The van der Waals surface area contributed by atoms with Crippen LogP contribution >= 0.6 is 0 Å². The summed E-state index contributed by atoms with van der Waals surface area (Å²) in [6, 6.07) is 29.4. The molecule has 5 rings (SSSR count). The van der Waals surface area contributed by atoms with Crippen LogP contribution in [0.25, 0.3) is 45.0 Å². The highest BCUT2D eigenvalue weighted by Crippen LogP contribution is 2.32. The van der Waals surface area contributed by atoms with Crippen LogP contribution in [0.3, 0.4) is 0 Å². The summed E-state index contributed by atoms with van der Waals surface area (Å²) in [6.07, 6.45) is 0. The summed E-state index contributed by atoms with van der Waals surface area (Å²) in [5.74, 6) is 1.74. The van der Waals surface area contributed by atoms with Gasteiger partial charge in [0.05, 0.1) is 14.2 Å². The molecule has 0 atom stereocenters. The molecule has 3 aromatic carbocycles. The van der Waals surface area contributed by atoms with Gasteiger partial charge in [-0.25, -0.2) is 0 Å². The molecule has 34 heavy (non-hydrogen) atoms. The molecule has 0 amide bonds. The van der Waals surface area contributed by atoms with Crippen LogP contribution in [0.4, 0.5) is 0 Å². The molecule has 0 unspecified atom stereocenters. The Bertz CT molecular complexity index is 1350. The van der Waals surface area contributed by atoms with Crippen molar-refractivity contribution in [3.63, 3.8) is 0 Å². The third kappa shape index (κ3) is 4.11. The number of benzene rings is 3. The van der Waals surface area contributed by atoms with Crippen molar-refractivity contribution < 1.29 is 9.47 Å². The lowest BCUT2D eigenvalue weighted by atomic mass is 10.1. The normalized spacial score (nSPS) is 10.9. The first-order valence-electron chi connectivity index (χ1n) is 11.3. The SMILES string of the molecule is COc1ccc(-c2ccc(-c3cccc(-c4ccc(-c5ccc(OC)cc5C)[nH]4)c3)[nH]2)c(C)c1. The van der Waals surface area contributed by atoms with E-state index in [2.05, 4.69) is 96.6 Å². The van der Waals surface area contributed by atoms with Gasteiger partial charge in [0.2, 0.25) is 0 Å². The first kappa shape index (κ1) is 21.7. The van der Waals surface area contributed by atoms with E-state index in [-0.39, 0.29) is 0 Å². The molecule has 2 heterocycles. The van der Waals surface area contributed by atoms with Gasteiger partial charge in [-0.05, 0) is 103 Å². The standard InChI is InChI=1S/C30H28N2O2/c1-19-16-23(33-3)8-10-25(19)29-14-12-27(31-29)21-6-5-7-22(18-21)28-13-15-30(32-28)26-11-9-24(34-4)17-20(26)2/h5-18,31-32H,1-4H3. The van der Waals surface area contributed by atoms with Gasteiger partial charge in [0.25, 0.3) is 0 Å². The molecule has 0 bridgehead atoms. The van der Waals surface area contributed by atoms with Crippen LogP contribution in [0, 0.1) is 13.8 Å². The number of aromatic amines is 2. The highest BCUT2D eigenvalue weighted by Gasteiger charge is 2.10. The number of hydrogen-bond acceptors (Lipinski definition) is 2. The van der Waals surface area contributed by atoms with Gasteiger partial charge in [-0.2, -0.15) is 0 Å². The topological polar surface area (TPSA) is 50.0 Å². The fourth-order valence-electron chi connectivity index (χ4n) is 4.43. The maximum Gasteiger partial charge on any atom is 0.119 e. The van der Waals surface area contributed by atoms with Crippen LogP contribution in [0.2, 0.25) is 0 Å². The fourth-order valence-corrected chi connectivity index (χ4v) is 4.43. The minimum absolute atomic E-state index is 0.871. The number of hydrogen-bond donors (Lipinski definition) is 2. The van der Waals surface area contributed by atoms with Gasteiger partial charge in [-0.15, -0.1) is 0 Å². The van der Waals surface area contributed by atoms with Gasteiger partial charge < -0.3 is 19.4 Å². The first-order chi connectivity index (χ1) is 16.6. The molecular weight excluding hydrogens is 420 g/mol. The molecule has 0 fully saturated rings. The Labute approximate surface area is 200 Å². The average Bonchev–Trinajstić information content (AvgIpc) is 3.54. The van der Waals surface area contributed by atoms with Gasteiger partial charge >= 0.3 is 0 Å². The molecular formula is C30H28N2O2. The Balaban J connectivity index is 1.43. The maximum absolute atomic E-state index is 5.34. The summed E-state index contributed by atoms with van der Waals surface area (Å²) in [4.78, 5) is 7.18. The van der Waals surface area contributed by atoms with E-state index in [1.54, 1.807) is 14.2 Å². The quantitative estimate of drug-likeness (QED) is 0.280. The number of rotatable bonds is 6. The Hall–Kier alpha value is -4.18. The lowest BCUT2D eigenvalue weighted by Crippen LogP contribution is -1.88. The minimum atomic E-state index is 0.871. The highest BCUT2D eigenvalue weighted by molar-refractivity contribution is 5.76. The van der Waals surface area contributed by atoms with Crippen molar-refractivity contribution in [2.75, 3.05) is 14.2 Å². The number of aromatic nitrogens is 2. The Morgan fingerprint density at radius 3 is 1.35 bits per heavy atom. The van der Waals surface area contributed by atoms with E-state index in [1.807, 2.05) is 12.1 Å². The zero-order valence-corrected chi connectivity index (χ0v) is 19.9. The average molecular weight is 449 g/mol. The smallest absolute Gasteiger partial charge is 0.119 e. The summed E-state index contributed by atoms with van der Waals surface area (Å²) < 4.78 is 10.7. The van der Waals surface area contributed by atoms with E-state index in [0.717, 1.165) is 45.4 Å². The lowest BCUT2D eigenvalue weighted by molar-refractivity contribution is 0.414. The predicted molar refractivity (Wildman–Crippen MR) is 139 cm³/mol. The van der Waals surface area contributed by atoms with Gasteiger partial charge in [0.1, 0.15) is 11.5 Å². The van der Waals surface area contributed by atoms with E-state index in [0.29, 0.717) is 0 Å². The fraction of sp³-hybridized carbons (Fsp3) is 0.133. The van der Waals surface area contributed by atoms with Gasteiger partial charge in [-0.1, -0.05) is 18.2 Å². The number of nitrogens with one attached hydrogen (secondary N) is 2. The molecule has 0 aliphatic carbocycles. The van der Waals surface area contributed by atoms with E-state index in [9.17, 15) is 0 Å². The molecule has 0 radical (unpaired) electrons. The molecule has 0 spiro atoms. The highest BCUT2D eigenvalue weighted by atomic mass is 16.5. The van der Waals surface area contributed by atoms with Crippen LogP contribution in [-0.4, -0.2) is 24.2 Å². The van der Waals surface area contributed by atoms with Crippen molar-refractivity contribution in [3.8, 4) is 56.5 Å². The van der Waals surface area contributed by atoms with Gasteiger partial charge in [0, 0.05) is 33.9 Å². The van der Waals surface area contributed by atoms with E-state index < -0.39 is 0 Å². The lowest BCUT2D eigenvalue weighted by Gasteiger charge is -2.08. The molecule has 4 nitrogen and oxygen atoms in total. The second kappa shape index (κ2) is 8.99. The molecule has 0 saturated heterocycles. The summed E-state index contributed by atoms with van der Waals surface area (Å²) in [5, 5.41) is 0. The summed E-state index contributed by atoms with van der Waals surface area (Å²) in [5.41, 5.74) is 11.4. The van der Waals surface area contributed by atoms with Crippen molar-refractivity contribution in [1.82, 2.24) is 9.97 Å². The molecule has 4 heteroatoms. The monoisotopic (exact) mass is 448 g/mol. The van der Waals surface area contributed by atoms with Gasteiger partial charge in [-0.3, -0.25) is 0 Å². The maximum atomic E-state index is 5.34. The zero-order chi connectivity index (χ0) is 23.7. The molecule has 0 aliphatic rings. The van der Waals surface area contributed by atoms with E-state index in [1.165, 1.54) is 22.3 Å². The molecule has 0 aliphatic heterocycles. The van der Waals surface area contributed by atoms with Gasteiger partial charge in [0.15, 0.2) is 0 Å². The summed E-state index contributed by atoms with van der Waals surface area (Å²) >= 11 is 0. The first-order valence-corrected chi connectivity index (χ1v) is 11.3. The van der Waals surface area contributed by atoms with Crippen LogP contribution in [0.15, 0.2) is 84.9 Å². The van der Waals surface area contributed by atoms with Crippen molar-refractivity contribution in [2.45, 2.75) is 13.8 Å². The number of aryl methyl sites for hydroxylation is 2. The number of ether oxygens (including phenoxy) is 2. The molecule has 2 N–H and O–H groups in total. The Morgan fingerprint density at radius 2 is 0.941 bits per heavy atom. The second-order valence-corrected chi connectivity index (χ2v) is 8.51. The third-order valence-corrected chi connectivity index (χ3v) is 6.30. The van der Waals surface area contributed by atoms with Crippen molar-refractivity contribution >= 4 is 0 Å². The van der Waals surface area contributed by atoms with Crippen LogP contribution < -0.4 is 9.47 Å². The van der Waals surface area contributed by atoms with Crippen LogP contribution in [-0.2, 0) is 0 Å². The number of H-pyrrole nitrogens is 2. The van der Waals surface area contributed by atoms with Crippen molar-refractivity contribution in [1.29, 1.82) is 0 Å². The summed E-state index contributed by atoms with van der Waals surface area (Å²) in [6.45, 7) is 4.21. The Kier molecular flexibility index (Phi) is 5.72. The predicted octanol–water partition coefficient (Wildman–Crippen LogP) is 7.64. The molecule has 170 valence electrons. The number of methoxy groups -OCH3 is 2. The van der Waals surface area contributed by atoms with E-state index >= 15 is 0 Å². The molecule has 5 aromatic rings. The largest absolute Gasteiger partial charge is 0.497 e. The van der Waals surface area contributed by atoms with E-state index in [4.69, 9.17) is 9.47 Å². The second-order valence-electron chi connectivity index (χ2n) is 8.51. The van der Waals surface area contributed by atoms with Crippen molar-refractivity contribution in [2.24, 2.45) is 0 Å². The molecule has 0 saturated carbocycles. The Morgan fingerprint density at radius 1 is 0.500 bits per heavy atom. The van der Waals surface area contributed by atoms with Crippen LogP contribution in [0.1, 0.15) is 11.1 Å². The van der Waals surface area contributed by atoms with Crippen molar-refractivity contribution in [3.05, 3.63) is 96.1 Å². The third-order valence-electron chi connectivity index (χ3n) is 6.30. The zero-order valence-electron chi connectivity index (χ0n) is 19.9.